The fourth-order valence-electron chi connectivity index (χ4n) is 3.79. The van der Waals surface area contributed by atoms with E-state index in [1.165, 1.54) is 21.9 Å². The van der Waals surface area contributed by atoms with Gasteiger partial charge in [-0.3, -0.25) is 0 Å². The van der Waals surface area contributed by atoms with Crippen LogP contribution in [0.3, 0.4) is 0 Å². The van der Waals surface area contributed by atoms with E-state index in [9.17, 15) is 0 Å². The van der Waals surface area contributed by atoms with Crippen LogP contribution in [-0.4, -0.2) is 0 Å². The number of aryl methyl sites for hydroxylation is 2. The van der Waals surface area contributed by atoms with Crippen molar-refractivity contribution < 1.29 is 9.30 Å². The standard InChI is InChI=1S/C21H15NOS/c1-12-9-10-13-5-3-7-16-20(13)19(12)21-17(23-16)11-14-15(22(21)2)6-4-8-18(14)24/h3-11H,1-2H3/p+1. The summed E-state index contributed by atoms with van der Waals surface area (Å²) in [4.78, 5) is 0.961. The van der Waals surface area contributed by atoms with E-state index in [2.05, 4.69) is 61.5 Å². The molecular weight excluding hydrogens is 314 g/mol. The normalized spacial score (nSPS) is 12.3. The molecule has 1 aromatic heterocycles. The quantitative estimate of drug-likeness (QED) is 0.305. The molecular formula is C21H16NOS+. The maximum absolute atomic E-state index is 6.29. The fourth-order valence-corrected chi connectivity index (χ4v) is 4.06. The second-order valence-corrected chi connectivity index (χ2v) is 6.82. The van der Waals surface area contributed by atoms with E-state index in [1.807, 2.05) is 24.3 Å². The van der Waals surface area contributed by atoms with E-state index in [-0.39, 0.29) is 0 Å². The maximum Gasteiger partial charge on any atom is 0.256 e. The molecule has 0 radical (unpaired) electrons. The summed E-state index contributed by atoms with van der Waals surface area (Å²) in [5.41, 5.74) is 4.80. The fraction of sp³-hybridized carbons (Fsp3) is 0.0952. The van der Waals surface area contributed by atoms with Crippen molar-refractivity contribution in [1.82, 2.24) is 0 Å². The van der Waals surface area contributed by atoms with Gasteiger partial charge in [-0.15, -0.1) is 12.6 Å². The van der Waals surface area contributed by atoms with Crippen molar-refractivity contribution in [1.29, 1.82) is 0 Å². The molecule has 3 aromatic carbocycles. The number of ether oxygens (including phenoxy) is 1. The van der Waals surface area contributed by atoms with Crippen LogP contribution in [0.5, 0.6) is 11.5 Å². The summed E-state index contributed by atoms with van der Waals surface area (Å²) < 4.78 is 8.52. The second kappa shape index (κ2) is 4.74. The third-order valence-electron chi connectivity index (χ3n) is 4.94. The summed E-state index contributed by atoms with van der Waals surface area (Å²) in [5.74, 6) is 1.82. The molecule has 0 saturated heterocycles. The van der Waals surface area contributed by atoms with Crippen LogP contribution >= 0.6 is 12.6 Å². The van der Waals surface area contributed by atoms with Crippen LogP contribution in [0.1, 0.15) is 5.56 Å². The minimum atomic E-state index is 0.890. The number of pyridine rings is 1. The highest BCUT2D eigenvalue weighted by Crippen LogP contribution is 2.47. The number of rotatable bonds is 0. The summed E-state index contributed by atoms with van der Waals surface area (Å²) in [7, 11) is 2.10. The predicted molar refractivity (Wildman–Crippen MR) is 100 cm³/mol. The average Bonchev–Trinajstić information content (AvgIpc) is 2.58. The van der Waals surface area contributed by atoms with Gasteiger partial charge in [-0.25, -0.2) is 0 Å². The molecule has 2 heterocycles. The van der Waals surface area contributed by atoms with Crippen LogP contribution in [-0.2, 0) is 7.05 Å². The Bertz CT molecular complexity index is 1160. The number of thiol groups is 1. The Hall–Kier alpha value is -2.52. The van der Waals surface area contributed by atoms with Crippen molar-refractivity contribution in [3.8, 4) is 22.8 Å². The van der Waals surface area contributed by atoms with Gasteiger partial charge in [0.05, 0.1) is 10.9 Å². The van der Waals surface area contributed by atoms with Gasteiger partial charge in [0.25, 0.3) is 5.69 Å². The lowest BCUT2D eigenvalue weighted by atomic mass is 9.93. The lowest BCUT2D eigenvalue weighted by molar-refractivity contribution is -0.633. The zero-order valence-electron chi connectivity index (χ0n) is 13.5. The molecule has 0 saturated carbocycles. The highest BCUT2D eigenvalue weighted by Gasteiger charge is 2.30. The van der Waals surface area contributed by atoms with Crippen LogP contribution in [0.25, 0.3) is 32.9 Å². The van der Waals surface area contributed by atoms with Crippen molar-refractivity contribution in [3.63, 3.8) is 0 Å². The highest BCUT2D eigenvalue weighted by atomic mass is 32.1. The molecule has 24 heavy (non-hydrogen) atoms. The smallest absolute Gasteiger partial charge is 0.256 e. The minimum Gasteiger partial charge on any atom is -0.450 e. The van der Waals surface area contributed by atoms with Gasteiger partial charge < -0.3 is 4.74 Å². The molecule has 0 fully saturated rings. The third-order valence-corrected chi connectivity index (χ3v) is 5.33. The maximum atomic E-state index is 6.29. The van der Waals surface area contributed by atoms with Gasteiger partial charge in [-0.05, 0) is 30.0 Å². The number of hydrogen-bond donors (Lipinski definition) is 1. The molecule has 0 amide bonds. The van der Waals surface area contributed by atoms with E-state index in [4.69, 9.17) is 4.74 Å². The van der Waals surface area contributed by atoms with Crippen LogP contribution in [0, 0.1) is 6.92 Å². The first-order valence-electron chi connectivity index (χ1n) is 8.00. The number of aromatic nitrogens is 1. The first kappa shape index (κ1) is 13.9. The summed E-state index contributed by atoms with van der Waals surface area (Å²) in [5, 5.41) is 3.51. The van der Waals surface area contributed by atoms with E-state index in [0.717, 1.165) is 33.0 Å². The molecule has 3 heteroatoms. The van der Waals surface area contributed by atoms with Crippen molar-refractivity contribution in [2.75, 3.05) is 0 Å². The molecule has 116 valence electrons. The summed E-state index contributed by atoms with van der Waals surface area (Å²) in [6.45, 7) is 2.17. The predicted octanol–water partition coefficient (Wildman–Crippen LogP) is 5.19. The van der Waals surface area contributed by atoms with Crippen molar-refractivity contribution in [2.24, 2.45) is 7.05 Å². The van der Waals surface area contributed by atoms with E-state index in [1.54, 1.807) is 0 Å². The third kappa shape index (κ3) is 1.70. The van der Waals surface area contributed by atoms with Crippen LogP contribution in [0.2, 0.25) is 0 Å². The topological polar surface area (TPSA) is 13.1 Å². The van der Waals surface area contributed by atoms with Gasteiger partial charge >= 0.3 is 0 Å². The molecule has 0 unspecified atom stereocenters. The first-order valence-corrected chi connectivity index (χ1v) is 8.45. The van der Waals surface area contributed by atoms with Gasteiger partial charge in [0.2, 0.25) is 5.52 Å². The van der Waals surface area contributed by atoms with Gasteiger partial charge in [-0.1, -0.05) is 30.3 Å². The molecule has 0 N–H and O–H groups in total. The number of hydrogen-bond acceptors (Lipinski definition) is 2. The van der Waals surface area contributed by atoms with Crippen LogP contribution in [0.15, 0.2) is 59.5 Å². The van der Waals surface area contributed by atoms with E-state index < -0.39 is 0 Å². The van der Waals surface area contributed by atoms with Gasteiger partial charge in [0, 0.05) is 22.4 Å². The monoisotopic (exact) mass is 330 g/mol. The second-order valence-electron chi connectivity index (χ2n) is 6.34. The SMILES string of the molecule is Cc1ccc2cccc3c2c1-c1c(cc2c(S)cccc2[n+]1C)O3. The molecule has 0 atom stereocenters. The van der Waals surface area contributed by atoms with Crippen LogP contribution < -0.4 is 9.30 Å². The highest BCUT2D eigenvalue weighted by molar-refractivity contribution is 7.80. The minimum absolute atomic E-state index is 0.890. The Balaban J connectivity index is 2.02. The van der Waals surface area contributed by atoms with Crippen molar-refractivity contribution >= 4 is 34.3 Å². The van der Waals surface area contributed by atoms with Crippen molar-refractivity contribution in [3.05, 3.63) is 60.2 Å². The van der Waals surface area contributed by atoms with E-state index in [0.29, 0.717) is 0 Å². The summed E-state index contributed by atoms with van der Waals surface area (Å²) >= 11 is 4.62. The Morgan fingerprint density at radius 1 is 0.958 bits per heavy atom. The summed E-state index contributed by atoms with van der Waals surface area (Å²) in [6.07, 6.45) is 0. The number of fused-ring (bicyclic) bond motifs is 3. The van der Waals surface area contributed by atoms with Gasteiger partial charge in [0.1, 0.15) is 12.8 Å². The molecule has 0 aliphatic carbocycles. The largest absolute Gasteiger partial charge is 0.450 e. The zero-order valence-corrected chi connectivity index (χ0v) is 14.4. The van der Waals surface area contributed by atoms with Gasteiger partial charge in [0.15, 0.2) is 5.75 Å². The molecule has 1 aliphatic rings. The molecule has 0 bridgehead atoms. The molecule has 4 aromatic rings. The summed E-state index contributed by atoms with van der Waals surface area (Å²) in [6, 6.07) is 18.9. The first-order chi connectivity index (χ1) is 11.6. The Labute approximate surface area is 145 Å². The molecule has 2 nitrogen and oxygen atoms in total. The molecule has 5 rings (SSSR count). The number of benzene rings is 3. The van der Waals surface area contributed by atoms with Crippen molar-refractivity contribution in [2.45, 2.75) is 11.8 Å². The Morgan fingerprint density at radius 2 is 1.79 bits per heavy atom. The molecule has 0 spiro atoms. The molecule has 1 aliphatic heterocycles. The Morgan fingerprint density at radius 3 is 2.67 bits per heavy atom. The lowest BCUT2D eigenvalue weighted by Crippen LogP contribution is -2.33. The number of nitrogens with zero attached hydrogens (tertiary/aromatic N) is 1. The van der Waals surface area contributed by atoms with E-state index >= 15 is 0 Å². The van der Waals surface area contributed by atoms with Crippen LogP contribution in [0.4, 0.5) is 0 Å². The van der Waals surface area contributed by atoms with Gasteiger partial charge in [-0.2, -0.15) is 4.57 Å². The zero-order chi connectivity index (χ0) is 16.4. The Kier molecular flexibility index (Phi) is 2.74. The average molecular weight is 330 g/mol. The lowest BCUT2D eigenvalue weighted by Gasteiger charge is -2.21.